The van der Waals surface area contributed by atoms with Crippen molar-refractivity contribution in [1.82, 2.24) is 5.32 Å². The van der Waals surface area contributed by atoms with Crippen LogP contribution in [0.4, 0.5) is 4.79 Å². The fourth-order valence-corrected chi connectivity index (χ4v) is 1.20. The monoisotopic (exact) mass is 217 g/mol. The third-order valence-electron chi connectivity index (χ3n) is 1.79. The summed E-state index contributed by atoms with van der Waals surface area (Å²) in [4.78, 5) is 21.8. The Hall–Kier alpha value is -0.204. The molecule has 0 bridgehead atoms. The third-order valence-corrected chi connectivity index (χ3v) is 1.79. The molecule has 68 valence electrons. The standard InChI is InChI=1S/C9H7NO3.K.H/c11-8-7(13-9(12)10-8)6-4-2-1-3-5-6;;/h1-5,7H,(H,10,11,12);;. The molecule has 2 rings (SSSR count). The molecule has 1 aliphatic heterocycles. The summed E-state index contributed by atoms with van der Waals surface area (Å²) in [5.41, 5.74) is 0.686. The van der Waals surface area contributed by atoms with Gasteiger partial charge in [0.25, 0.3) is 5.91 Å². The first-order chi connectivity index (χ1) is 6.27. The molecule has 0 spiro atoms. The molecular formula is C9H8KNO3. The van der Waals surface area contributed by atoms with Crippen molar-refractivity contribution in [2.45, 2.75) is 6.10 Å². The van der Waals surface area contributed by atoms with E-state index in [4.69, 9.17) is 4.74 Å². The van der Waals surface area contributed by atoms with Gasteiger partial charge in [-0.25, -0.2) is 4.79 Å². The second-order valence-corrected chi connectivity index (χ2v) is 2.69. The molecule has 1 aromatic carbocycles. The van der Waals surface area contributed by atoms with E-state index in [0.717, 1.165) is 0 Å². The van der Waals surface area contributed by atoms with E-state index in [-0.39, 0.29) is 51.4 Å². The van der Waals surface area contributed by atoms with Crippen molar-refractivity contribution in [2.24, 2.45) is 0 Å². The second-order valence-electron chi connectivity index (χ2n) is 2.69. The summed E-state index contributed by atoms with van der Waals surface area (Å²) in [5.74, 6) is -0.406. The van der Waals surface area contributed by atoms with E-state index in [2.05, 4.69) is 5.32 Å². The van der Waals surface area contributed by atoms with Crippen LogP contribution in [0.15, 0.2) is 30.3 Å². The number of rotatable bonds is 1. The van der Waals surface area contributed by atoms with E-state index < -0.39 is 18.1 Å². The van der Waals surface area contributed by atoms with E-state index in [1.165, 1.54) is 0 Å². The molecule has 0 radical (unpaired) electrons. The number of ether oxygens (including phenoxy) is 1. The molecule has 0 saturated carbocycles. The molecule has 1 fully saturated rings. The average molecular weight is 217 g/mol. The Kier molecular flexibility index (Phi) is 4.27. The predicted molar refractivity (Wildman–Crippen MR) is 51.0 cm³/mol. The topological polar surface area (TPSA) is 55.4 Å². The molecule has 2 amide bonds. The number of carbonyl (C=O) groups excluding carboxylic acids is 2. The first kappa shape index (κ1) is 11.9. The van der Waals surface area contributed by atoms with E-state index in [1.807, 2.05) is 6.07 Å². The van der Waals surface area contributed by atoms with E-state index in [0.29, 0.717) is 5.56 Å². The molecule has 1 saturated heterocycles. The van der Waals surface area contributed by atoms with E-state index in [9.17, 15) is 9.59 Å². The fraction of sp³-hybridized carbons (Fsp3) is 0.111. The second kappa shape index (κ2) is 5.04. The van der Waals surface area contributed by atoms with Gasteiger partial charge in [0.05, 0.1) is 0 Å². The van der Waals surface area contributed by atoms with Crippen LogP contribution < -0.4 is 5.32 Å². The number of nitrogens with one attached hydrogen (secondary N) is 1. The van der Waals surface area contributed by atoms with Gasteiger partial charge in [-0.2, -0.15) is 0 Å². The Morgan fingerprint density at radius 1 is 1.14 bits per heavy atom. The van der Waals surface area contributed by atoms with Crippen LogP contribution in [0, 0.1) is 0 Å². The molecule has 0 aromatic heterocycles. The molecule has 4 nitrogen and oxygen atoms in total. The third kappa shape index (κ3) is 2.43. The van der Waals surface area contributed by atoms with Gasteiger partial charge in [-0.1, -0.05) is 30.3 Å². The van der Waals surface area contributed by atoms with Crippen LogP contribution in [-0.2, 0) is 9.53 Å². The van der Waals surface area contributed by atoms with Crippen LogP contribution in [-0.4, -0.2) is 63.4 Å². The zero-order chi connectivity index (χ0) is 9.26. The minimum atomic E-state index is -0.784. The van der Waals surface area contributed by atoms with Crippen LogP contribution in [0.3, 0.4) is 0 Å². The summed E-state index contributed by atoms with van der Waals surface area (Å²) in [5, 5.41) is 2.07. The maximum absolute atomic E-state index is 11.1. The molecule has 1 unspecified atom stereocenters. The Bertz CT molecular complexity index is 352. The van der Waals surface area contributed by atoms with Crippen LogP contribution in [0.5, 0.6) is 0 Å². The van der Waals surface area contributed by atoms with Gasteiger partial charge in [-0.3, -0.25) is 10.1 Å². The number of cyclic esters (lactones) is 1. The molecule has 1 aliphatic rings. The summed E-state index contributed by atoms with van der Waals surface area (Å²) in [6.07, 6.45) is -1.47. The summed E-state index contributed by atoms with van der Waals surface area (Å²) in [6.45, 7) is 0. The molecule has 14 heavy (non-hydrogen) atoms. The molecule has 1 aromatic rings. The molecular weight excluding hydrogens is 209 g/mol. The van der Waals surface area contributed by atoms with Crippen LogP contribution in [0.2, 0.25) is 0 Å². The molecule has 1 N–H and O–H groups in total. The number of hydrogen-bond acceptors (Lipinski definition) is 3. The van der Waals surface area contributed by atoms with Crippen molar-refractivity contribution in [1.29, 1.82) is 0 Å². The first-order valence-electron chi connectivity index (χ1n) is 3.84. The Morgan fingerprint density at radius 2 is 1.79 bits per heavy atom. The van der Waals surface area contributed by atoms with Crippen molar-refractivity contribution in [3.8, 4) is 0 Å². The fourth-order valence-electron chi connectivity index (χ4n) is 1.20. The summed E-state index contributed by atoms with van der Waals surface area (Å²) in [7, 11) is 0. The first-order valence-corrected chi connectivity index (χ1v) is 3.84. The Labute approximate surface area is 123 Å². The Morgan fingerprint density at radius 3 is 2.29 bits per heavy atom. The predicted octanol–water partition coefficient (Wildman–Crippen LogP) is 0.346. The maximum atomic E-state index is 11.1. The van der Waals surface area contributed by atoms with Gasteiger partial charge in [0.15, 0.2) is 0 Å². The number of imide groups is 1. The van der Waals surface area contributed by atoms with Gasteiger partial charge >= 0.3 is 57.5 Å². The van der Waals surface area contributed by atoms with E-state index >= 15 is 0 Å². The number of hydrogen-bond donors (Lipinski definition) is 1. The number of alkyl carbamates (subject to hydrolysis) is 1. The van der Waals surface area contributed by atoms with Gasteiger partial charge in [0.1, 0.15) is 0 Å². The zero-order valence-corrected chi connectivity index (χ0v) is 6.69. The normalized spacial score (nSPS) is 19.6. The van der Waals surface area contributed by atoms with Crippen molar-refractivity contribution >= 4 is 63.4 Å². The minimum absolute atomic E-state index is 0. The van der Waals surface area contributed by atoms with Crippen LogP contribution in [0.25, 0.3) is 0 Å². The number of amides is 2. The van der Waals surface area contributed by atoms with Crippen molar-refractivity contribution in [2.75, 3.05) is 0 Å². The van der Waals surface area contributed by atoms with Gasteiger partial charge in [-0.05, 0) is 0 Å². The summed E-state index contributed by atoms with van der Waals surface area (Å²) in [6, 6.07) is 8.88. The quantitative estimate of drug-likeness (QED) is 0.690. The SMILES string of the molecule is O=C1NC(=O)C(c2ccccc2)O1.[KH]. The van der Waals surface area contributed by atoms with Gasteiger partial charge in [0, 0.05) is 5.56 Å². The summed E-state index contributed by atoms with van der Waals surface area (Å²) < 4.78 is 4.76. The zero-order valence-electron chi connectivity index (χ0n) is 6.69. The molecule has 1 heterocycles. The Balaban J connectivity index is 0.000000980. The van der Waals surface area contributed by atoms with Gasteiger partial charge in [-0.15, -0.1) is 0 Å². The molecule has 1 atom stereocenters. The van der Waals surface area contributed by atoms with Crippen LogP contribution >= 0.6 is 0 Å². The molecule has 5 heteroatoms. The van der Waals surface area contributed by atoms with Gasteiger partial charge in [0.2, 0.25) is 6.10 Å². The van der Waals surface area contributed by atoms with Gasteiger partial charge < -0.3 is 4.74 Å². The van der Waals surface area contributed by atoms with Crippen molar-refractivity contribution < 1.29 is 14.3 Å². The number of carbonyl (C=O) groups is 2. The van der Waals surface area contributed by atoms with Crippen molar-refractivity contribution in [3.05, 3.63) is 35.9 Å². The van der Waals surface area contributed by atoms with Crippen LogP contribution in [0.1, 0.15) is 11.7 Å². The molecule has 0 aliphatic carbocycles. The average Bonchev–Trinajstić information content (AvgIpc) is 2.47. The van der Waals surface area contributed by atoms with E-state index in [1.54, 1.807) is 24.3 Å². The summed E-state index contributed by atoms with van der Waals surface area (Å²) >= 11 is 0. The number of benzene rings is 1. The van der Waals surface area contributed by atoms with Crippen molar-refractivity contribution in [3.63, 3.8) is 0 Å².